The van der Waals surface area contributed by atoms with Crippen LogP contribution in [0.1, 0.15) is 11.1 Å². The van der Waals surface area contributed by atoms with Crippen LogP contribution in [0.2, 0.25) is 0 Å². The number of rotatable bonds is 3. The van der Waals surface area contributed by atoms with E-state index in [1.165, 1.54) is 5.56 Å². The van der Waals surface area contributed by atoms with Gasteiger partial charge < -0.3 is 5.73 Å². The summed E-state index contributed by atoms with van der Waals surface area (Å²) in [5.74, 6) is 0.741. The molecule has 0 atom stereocenters. The summed E-state index contributed by atoms with van der Waals surface area (Å²) in [7, 11) is 0. The van der Waals surface area contributed by atoms with E-state index in [0.29, 0.717) is 6.54 Å². The Morgan fingerprint density at radius 1 is 1.21 bits per heavy atom. The first-order chi connectivity index (χ1) is 9.25. The van der Waals surface area contributed by atoms with Crippen LogP contribution in [0.15, 0.2) is 47.2 Å². The average molecular weight is 269 g/mol. The Kier molecular flexibility index (Phi) is 3.09. The third kappa shape index (κ3) is 2.27. The quantitative estimate of drug-likeness (QED) is 0.790. The number of nitrogens with zero attached hydrogens (tertiary/aromatic N) is 2. The van der Waals surface area contributed by atoms with Crippen LogP contribution in [0, 0.1) is 6.92 Å². The number of anilines is 1. The minimum atomic E-state index is 0.706. The van der Waals surface area contributed by atoms with Crippen LogP contribution in [-0.2, 0) is 6.54 Å². The van der Waals surface area contributed by atoms with Crippen molar-refractivity contribution < 1.29 is 0 Å². The maximum absolute atomic E-state index is 6.16. The highest BCUT2D eigenvalue weighted by molar-refractivity contribution is 7.08. The summed E-state index contributed by atoms with van der Waals surface area (Å²) < 4.78 is 1.87. The normalized spacial score (nSPS) is 10.8. The largest absolute Gasteiger partial charge is 0.384 e. The van der Waals surface area contributed by atoms with Gasteiger partial charge in [-0.3, -0.25) is 0 Å². The van der Waals surface area contributed by atoms with Crippen LogP contribution >= 0.6 is 11.3 Å². The van der Waals surface area contributed by atoms with Crippen molar-refractivity contribution in [2.75, 3.05) is 5.73 Å². The molecular weight excluding hydrogens is 254 g/mol. The van der Waals surface area contributed by atoms with E-state index < -0.39 is 0 Å². The van der Waals surface area contributed by atoms with Crippen LogP contribution in [0.25, 0.3) is 11.3 Å². The summed E-state index contributed by atoms with van der Waals surface area (Å²) in [4.78, 5) is 0. The van der Waals surface area contributed by atoms with Crippen LogP contribution in [0.4, 0.5) is 5.82 Å². The highest BCUT2D eigenvalue weighted by atomic mass is 32.1. The number of nitrogen functional groups attached to an aromatic ring is 1. The van der Waals surface area contributed by atoms with Gasteiger partial charge >= 0.3 is 0 Å². The van der Waals surface area contributed by atoms with E-state index in [4.69, 9.17) is 5.73 Å². The molecule has 3 rings (SSSR count). The zero-order valence-electron chi connectivity index (χ0n) is 10.7. The monoisotopic (exact) mass is 269 g/mol. The second kappa shape index (κ2) is 4.90. The highest BCUT2D eigenvalue weighted by Crippen LogP contribution is 2.28. The Labute approximate surface area is 116 Å². The number of aromatic nitrogens is 2. The Morgan fingerprint density at radius 2 is 2.00 bits per heavy atom. The Morgan fingerprint density at radius 3 is 2.68 bits per heavy atom. The van der Waals surface area contributed by atoms with Crippen molar-refractivity contribution in [3.05, 3.63) is 58.3 Å². The molecule has 0 radical (unpaired) electrons. The van der Waals surface area contributed by atoms with Crippen LogP contribution < -0.4 is 5.73 Å². The molecule has 0 amide bonds. The molecule has 0 fully saturated rings. The van der Waals surface area contributed by atoms with Gasteiger partial charge in [-0.2, -0.15) is 16.4 Å². The topological polar surface area (TPSA) is 43.8 Å². The lowest BCUT2D eigenvalue weighted by molar-refractivity contribution is 0.699. The predicted molar refractivity (Wildman–Crippen MR) is 80.2 cm³/mol. The summed E-state index contributed by atoms with van der Waals surface area (Å²) in [6, 6.07) is 12.3. The third-order valence-electron chi connectivity index (χ3n) is 3.21. The molecule has 0 bridgehead atoms. The zero-order chi connectivity index (χ0) is 13.2. The van der Waals surface area contributed by atoms with Crippen molar-refractivity contribution in [1.29, 1.82) is 0 Å². The molecule has 4 heteroatoms. The average Bonchev–Trinajstić information content (AvgIpc) is 3.04. The summed E-state index contributed by atoms with van der Waals surface area (Å²) in [6.07, 6.45) is 0. The molecule has 2 heterocycles. The summed E-state index contributed by atoms with van der Waals surface area (Å²) in [6.45, 7) is 2.73. The van der Waals surface area contributed by atoms with Gasteiger partial charge in [0.2, 0.25) is 0 Å². The Hall–Kier alpha value is -2.07. The standard InChI is InChI=1S/C15H15N3S/c1-11-14(13-7-8-19-10-13)17-18(15(11)16)9-12-5-3-2-4-6-12/h2-8,10H,9,16H2,1H3. The van der Waals surface area contributed by atoms with E-state index in [-0.39, 0.29) is 0 Å². The van der Waals surface area contributed by atoms with Crippen molar-refractivity contribution in [2.45, 2.75) is 13.5 Å². The lowest BCUT2D eigenvalue weighted by Gasteiger charge is -2.03. The minimum Gasteiger partial charge on any atom is -0.384 e. The fourth-order valence-electron chi connectivity index (χ4n) is 2.11. The van der Waals surface area contributed by atoms with Gasteiger partial charge in [0, 0.05) is 16.5 Å². The first-order valence-corrected chi connectivity index (χ1v) is 7.09. The van der Waals surface area contributed by atoms with E-state index in [1.807, 2.05) is 29.8 Å². The Balaban J connectivity index is 1.98. The molecule has 0 aliphatic carbocycles. The highest BCUT2D eigenvalue weighted by Gasteiger charge is 2.13. The maximum atomic E-state index is 6.16. The van der Waals surface area contributed by atoms with Gasteiger partial charge in [0.1, 0.15) is 5.82 Å². The first-order valence-electron chi connectivity index (χ1n) is 6.15. The van der Waals surface area contributed by atoms with Crippen molar-refractivity contribution in [1.82, 2.24) is 9.78 Å². The first kappa shape index (κ1) is 12.0. The van der Waals surface area contributed by atoms with Gasteiger partial charge in [0.15, 0.2) is 0 Å². The Bertz CT molecular complexity index is 669. The van der Waals surface area contributed by atoms with E-state index in [0.717, 1.165) is 22.6 Å². The van der Waals surface area contributed by atoms with E-state index in [1.54, 1.807) is 11.3 Å². The lowest BCUT2D eigenvalue weighted by atomic mass is 10.1. The second-order valence-corrected chi connectivity index (χ2v) is 5.29. The second-order valence-electron chi connectivity index (χ2n) is 4.51. The summed E-state index contributed by atoms with van der Waals surface area (Å²) in [5.41, 5.74) is 10.5. The molecule has 2 aromatic heterocycles. The van der Waals surface area contributed by atoms with Gasteiger partial charge in [0.05, 0.1) is 12.2 Å². The maximum Gasteiger partial charge on any atom is 0.125 e. The molecule has 0 saturated heterocycles. The van der Waals surface area contributed by atoms with E-state index >= 15 is 0 Å². The summed E-state index contributed by atoms with van der Waals surface area (Å²) >= 11 is 1.67. The minimum absolute atomic E-state index is 0.706. The lowest BCUT2D eigenvalue weighted by Crippen LogP contribution is -2.06. The van der Waals surface area contributed by atoms with E-state index in [2.05, 4.69) is 34.1 Å². The van der Waals surface area contributed by atoms with Crippen molar-refractivity contribution in [3.63, 3.8) is 0 Å². The molecule has 3 nitrogen and oxygen atoms in total. The van der Waals surface area contributed by atoms with Crippen molar-refractivity contribution >= 4 is 17.2 Å². The molecule has 0 spiro atoms. The molecular formula is C15H15N3S. The zero-order valence-corrected chi connectivity index (χ0v) is 11.5. The number of benzene rings is 1. The fourth-order valence-corrected chi connectivity index (χ4v) is 2.76. The number of thiophene rings is 1. The van der Waals surface area contributed by atoms with Gasteiger partial charge in [-0.15, -0.1) is 0 Å². The molecule has 3 aromatic rings. The molecule has 2 N–H and O–H groups in total. The number of hydrogen-bond acceptors (Lipinski definition) is 3. The smallest absolute Gasteiger partial charge is 0.125 e. The molecule has 19 heavy (non-hydrogen) atoms. The van der Waals surface area contributed by atoms with Gasteiger partial charge in [0.25, 0.3) is 0 Å². The van der Waals surface area contributed by atoms with Gasteiger partial charge in [-0.25, -0.2) is 4.68 Å². The van der Waals surface area contributed by atoms with Gasteiger partial charge in [-0.1, -0.05) is 30.3 Å². The number of hydrogen-bond donors (Lipinski definition) is 1. The van der Waals surface area contributed by atoms with Crippen LogP contribution in [0.5, 0.6) is 0 Å². The molecule has 0 saturated carbocycles. The van der Waals surface area contributed by atoms with Crippen molar-refractivity contribution in [2.24, 2.45) is 0 Å². The fraction of sp³-hybridized carbons (Fsp3) is 0.133. The molecule has 0 aliphatic heterocycles. The van der Waals surface area contributed by atoms with Crippen molar-refractivity contribution in [3.8, 4) is 11.3 Å². The SMILES string of the molecule is Cc1c(-c2ccsc2)nn(Cc2ccccc2)c1N. The van der Waals surface area contributed by atoms with Crippen LogP contribution in [-0.4, -0.2) is 9.78 Å². The molecule has 96 valence electrons. The molecule has 0 unspecified atom stereocenters. The van der Waals surface area contributed by atoms with E-state index in [9.17, 15) is 0 Å². The number of nitrogens with two attached hydrogens (primary N) is 1. The molecule has 1 aromatic carbocycles. The summed E-state index contributed by atoms with van der Waals surface area (Å²) in [5, 5.41) is 8.80. The third-order valence-corrected chi connectivity index (χ3v) is 3.89. The predicted octanol–water partition coefficient (Wildman–Crippen LogP) is 3.55. The van der Waals surface area contributed by atoms with Crippen LogP contribution in [0.3, 0.4) is 0 Å². The van der Waals surface area contributed by atoms with Gasteiger partial charge in [-0.05, 0) is 23.9 Å². The molecule has 0 aliphatic rings.